The maximum absolute atomic E-state index is 12.9. The Morgan fingerprint density at radius 3 is 2.65 bits per heavy atom. The summed E-state index contributed by atoms with van der Waals surface area (Å²) >= 11 is 1.60. The van der Waals surface area contributed by atoms with E-state index in [2.05, 4.69) is 11.9 Å². The van der Waals surface area contributed by atoms with Crippen LogP contribution >= 0.6 is 11.8 Å². The van der Waals surface area contributed by atoms with Crippen molar-refractivity contribution in [2.75, 3.05) is 36.2 Å². The van der Waals surface area contributed by atoms with E-state index in [-0.39, 0.29) is 30.0 Å². The minimum atomic E-state index is -3.06. The zero-order valence-electron chi connectivity index (χ0n) is 17.6. The molecule has 1 N–H and O–H groups in total. The van der Waals surface area contributed by atoms with Crippen LogP contribution in [0.1, 0.15) is 12.0 Å². The highest BCUT2D eigenvalue weighted by molar-refractivity contribution is 7.99. The first-order chi connectivity index (χ1) is 14.9. The number of nitrogens with one attached hydrogen (secondary N) is 1. The quantitative estimate of drug-likeness (QED) is 0.431. The van der Waals surface area contributed by atoms with Crippen molar-refractivity contribution >= 4 is 33.2 Å². The van der Waals surface area contributed by atoms with Crippen LogP contribution in [0.25, 0.3) is 0 Å². The van der Waals surface area contributed by atoms with E-state index >= 15 is 0 Å². The average molecular weight is 461 g/mol. The number of ether oxygens (including phenoxy) is 1. The SMILES string of the molecule is C=CCSc1ccccc1NC(=O)CN(Cc1ccc(OC)cc1)C1CCS(=O)(=O)C1. The fourth-order valence-electron chi connectivity index (χ4n) is 3.56. The second kappa shape index (κ2) is 10.8. The maximum atomic E-state index is 12.9. The fraction of sp³-hybridized carbons (Fsp3) is 0.348. The summed E-state index contributed by atoms with van der Waals surface area (Å²) in [6, 6.07) is 15.1. The van der Waals surface area contributed by atoms with Gasteiger partial charge in [-0.3, -0.25) is 9.69 Å². The van der Waals surface area contributed by atoms with Gasteiger partial charge in [0.2, 0.25) is 5.91 Å². The lowest BCUT2D eigenvalue weighted by Crippen LogP contribution is -2.41. The number of carbonyl (C=O) groups excluding carboxylic acids is 1. The lowest BCUT2D eigenvalue weighted by Gasteiger charge is -2.27. The van der Waals surface area contributed by atoms with Gasteiger partial charge in [0.1, 0.15) is 5.75 Å². The molecule has 1 heterocycles. The molecular weight excluding hydrogens is 432 g/mol. The topological polar surface area (TPSA) is 75.7 Å². The first kappa shape index (κ1) is 23.4. The Kier molecular flexibility index (Phi) is 8.17. The molecule has 1 amide bonds. The first-order valence-electron chi connectivity index (χ1n) is 10.1. The Morgan fingerprint density at radius 2 is 2.00 bits per heavy atom. The molecule has 31 heavy (non-hydrogen) atoms. The number of carbonyl (C=O) groups is 1. The number of para-hydroxylation sites is 1. The second-order valence-electron chi connectivity index (χ2n) is 7.45. The molecule has 1 fully saturated rings. The van der Waals surface area contributed by atoms with E-state index in [1.807, 2.05) is 59.5 Å². The minimum absolute atomic E-state index is 0.0855. The summed E-state index contributed by atoms with van der Waals surface area (Å²) in [7, 11) is -1.45. The standard InChI is InChI=1S/C23H28N2O4S2/c1-3-13-30-22-7-5-4-6-21(22)24-23(26)16-25(19-12-14-31(27,28)17-19)15-18-8-10-20(29-2)11-9-18/h3-11,19H,1,12-17H2,2H3,(H,24,26). The number of nitrogens with zero attached hydrogens (tertiary/aromatic N) is 1. The molecule has 0 bridgehead atoms. The Hall–Kier alpha value is -2.29. The monoisotopic (exact) mass is 460 g/mol. The van der Waals surface area contributed by atoms with Gasteiger partial charge in [-0.05, 0) is 36.2 Å². The van der Waals surface area contributed by atoms with Crippen LogP contribution in [0.2, 0.25) is 0 Å². The molecule has 3 rings (SSSR count). The Labute approximate surface area is 188 Å². The fourth-order valence-corrected chi connectivity index (χ4v) is 6.07. The molecule has 166 valence electrons. The van der Waals surface area contributed by atoms with Gasteiger partial charge in [0.05, 0.1) is 30.8 Å². The van der Waals surface area contributed by atoms with Crippen molar-refractivity contribution < 1.29 is 17.9 Å². The Balaban J connectivity index is 1.73. The van der Waals surface area contributed by atoms with Gasteiger partial charge < -0.3 is 10.1 Å². The van der Waals surface area contributed by atoms with Crippen molar-refractivity contribution in [3.8, 4) is 5.75 Å². The molecule has 0 radical (unpaired) electrons. The van der Waals surface area contributed by atoms with Gasteiger partial charge in [0.25, 0.3) is 0 Å². The summed E-state index contributed by atoms with van der Waals surface area (Å²) in [4.78, 5) is 15.8. The molecule has 0 saturated carbocycles. The molecule has 0 aromatic heterocycles. The Morgan fingerprint density at radius 1 is 1.26 bits per heavy atom. The summed E-state index contributed by atoms with van der Waals surface area (Å²) in [6.45, 7) is 4.35. The number of hydrogen-bond acceptors (Lipinski definition) is 6. The maximum Gasteiger partial charge on any atom is 0.238 e. The van der Waals surface area contributed by atoms with Gasteiger partial charge in [0, 0.05) is 23.2 Å². The van der Waals surface area contributed by atoms with Crippen molar-refractivity contribution in [2.45, 2.75) is 23.9 Å². The van der Waals surface area contributed by atoms with Crippen molar-refractivity contribution in [2.24, 2.45) is 0 Å². The van der Waals surface area contributed by atoms with Crippen LogP contribution in [0, 0.1) is 0 Å². The summed E-state index contributed by atoms with van der Waals surface area (Å²) in [5.74, 6) is 1.59. The van der Waals surface area contributed by atoms with E-state index in [1.54, 1.807) is 18.9 Å². The average Bonchev–Trinajstić information content (AvgIpc) is 3.13. The summed E-state index contributed by atoms with van der Waals surface area (Å²) in [6.07, 6.45) is 2.36. The summed E-state index contributed by atoms with van der Waals surface area (Å²) in [5.41, 5.74) is 1.75. The number of benzene rings is 2. The summed E-state index contributed by atoms with van der Waals surface area (Å²) in [5, 5.41) is 2.99. The molecule has 1 aliphatic rings. The minimum Gasteiger partial charge on any atom is -0.497 e. The van der Waals surface area contributed by atoms with Crippen molar-refractivity contribution in [1.29, 1.82) is 0 Å². The zero-order chi connectivity index (χ0) is 22.3. The second-order valence-corrected chi connectivity index (χ2v) is 10.7. The largest absolute Gasteiger partial charge is 0.497 e. The zero-order valence-corrected chi connectivity index (χ0v) is 19.3. The number of hydrogen-bond donors (Lipinski definition) is 1. The van der Waals surface area contributed by atoms with E-state index in [9.17, 15) is 13.2 Å². The molecule has 1 unspecified atom stereocenters. The van der Waals surface area contributed by atoms with E-state index in [4.69, 9.17) is 4.74 Å². The molecular formula is C23H28N2O4S2. The molecule has 1 atom stereocenters. The highest BCUT2D eigenvalue weighted by atomic mass is 32.2. The molecule has 1 aliphatic heterocycles. The van der Waals surface area contributed by atoms with Crippen molar-refractivity contribution in [3.63, 3.8) is 0 Å². The third-order valence-electron chi connectivity index (χ3n) is 5.13. The van der Waals surface area contributed by atoms with E-state index in [0.717, 1.165) is 27.6 Å². The van der Waals surface area contributed by atoms with Crippen molar-refractivity contribution in [1.82, 2.24) is 4.90 Å². The Bertz CT molecular complexity index is 1010. The van der Waals surface area contributed by atoms with E-state index in [0.29, 0.717) is 13.0 Å². The molecule has 1 saturated heterocycles. The lowest BCUT2D eigenvalue weighted by atomic mass is 10.1. The van der Waals surface area contributed by atoms with Crippen LogP contribution in [-0.2, 0) is 21.2 Å². The van der Waals surface area contributed by atoms with Crippen LogP contribution in [0.5, 0.6) is 5.75 Å². The van der Waals surface area contributed by atoms with Crippen LogP contribution in [0.3, 0.4) is 0 Å². The number of methoxy groups -OCH3 is 1. The number of rotatable bonds is 10. The number of sulfone groups is 1. The van der Waals surface area contributed by atoms with Crippen LogP contribution in [0.15, 0.2) is 66.1 Å². The normalized spacial score (nSPS) is 17.4. The van der Waals surface area contributed by atoms with Crippen molar-refractivity contribution in [3.05, 3.63) is 66.7 Å². The van der Waals surface area contributed by atoms with Gasteiger partial charge >= 0.3 is 0 Å². The molecule has 2 aromatic carbocycles. The predicted octanol–water partition coefficient (Wildman–Crippen LogP) is 3.60. The van der Waals surface area contributed by atoms with Gasteiger partial charge in [-0.2, -0.15) is 0 Å². The van der Waals surface area contributed by atoms with E-state index < -0.39 is 9.84 Å². The van der Waals surface area contributed by atoms with Gasteiger partial charge in [-0.1, -0.05) is 30.3 Å². The molecule has 2 aromatic rings. The molecule has 0 aliphatic carbocycles. The third-order valence-corrected chi connectivity index (χ3v) is 7.95. The van der Waals surface area contributed by atoms with Gasteiger partial charge in [-0.25, -0.2) is 8.42 Å². The van der Waals surface area contributed by atoms with Gasteiger partial charge in [-0.15, -0.1) is 18.3 Å². The molecule has 0 spiro atoms. The number of thioether (sulfide) groups is 1. The number of amides is 1. The smallest absolute Gasteiger partial charge is 0.238 e. The van der Waals surface area contributed by atoms with Crippen LogP contribution < -0.4 is 10.1 Å². The highest BCUT2D eigenvalue weighted by Gasteiger charge is 2.33. The highest BCUT2D eigenvalue weighted by Crippen LogP contribution is 2.27. The number of anilines is 1. The lowest BCUT2D eigenvalue weighted by molar-refractivity contribution is -0.117. The third kappa shape index (κ3) is 6.85. The molecule has 6 nitrogen and oxygen atoms in total. The first-order valence-corrected chi connectivity index (χ1v) is 12.9. The molecule has 8 heteroatoms. The van der Waals surface area contributed by atoms with E-state index in [1.165, 1.54) is 0 Å². The predicted molar refractivity (Wildman–Crippen MR) is 126 cm³/mol. The van der Waals surface area contributed by atoms with Crippen LogP contribution in [-0.4, -0.2) is 56.2 Å². The van der Waals surface area contributed by atoms with Gasteiger partial charge in [0.15, 0.2) is 9.84 Å². The summed E-state index contributed by atoms with van der Waals surface area (Å²) < 4.78 is 29.3. The van der Waals surface area contributed by atoms with Crippen LogP contribution in [0.4, 0.5) is 5.69 Å².